The van der Waals surface area contributed by atoms with Gasteiger partial charge < -0.3 is 9.64 Å². The van der Waals surface area contributed by atoms with Gasteiger partial charge in [-0.25, -0.2) is 15.0 Å². The predicted octanol–water partition coefficient (Wildman–Crippen LogP) is 4.09. The van der Waals surface area contributed by atoms with Crippen LogP contribution in [0.15, 0.2) is 18.5 Å². The number of nitrogens with zero attached hydrogens (tertiary/aromatic N) is 7. The van der Waals surface area contributed by atoms with Crippen LogP contribution in [0.2, 0.25) is 0 Å². The van der Waals surface area contributed by atoms with Crippen molar-refractivity contribution in [2.45, 2.75) is 45.4 Å². The summed E-state index contributed by atoms with van der Waals surface area (Å²) in [7, 11) is 1.85. The van der Waals surface area contributed by atoms with Gasteiger partial charge in [-0.1, -0.05) is 6.08 Å². The maximum Gasteiger partial charge on any atom is 0.392 e. The van der Waals surface area contributed by atoms with Crippen molar-refractivity contribution in [2.24, 2.45) is 13.0 Å². The van der Waals surface area contributed by atoms with E-state index in [4.69, 9.17) is 14.7 Å². The number of aryl methyl sites for hydroxylation is 3. The third-order valence-electron chi connectivity index (χ3n) is 6.55. The monoisotopic (exact) mass is 473 g/mol. The Kier molecular flexibility index (Phi) is 5.75. The Bertz CT molecular complexity index is 1250. The molecule has 0 N–H and O–H groups in total. The van der Waals surface area contributed by atoms with E-state index in [1.807, 2.05) is 32.0 Å². The Morgan fingerprint density at radius 3 is 2.56 bits per heavy atom. The fraction of sp³-hybridized carbons (Fsp3) is 0.522. The van der Waals surface area contributed by atoms with Gasteiger partial charge in [-0.05, 0) is 38.7 Å². The molecule has 0 aromatic carbocycles. The second-order valence-corrected chi connectivity index (χ2v) is 8.93. The molecular formula is C23H26F3N7O. The highest BCUT2D eigenvalue weighted by Crippen LogP contribution is 2.40. The molecule has 0 amide bonds. The first-order valence-corrected chi connectivity index (χ1v) is 11.3. The van der Waals surface area contributed by atoms with E-state index in [1.54, 1.807) is 17.0 Å². The van der Waals surface area contributed by atoms with E-state index in [2.05, 4.69) is 15.1 Å². The lowest BCUT2D eigenvalue weighted by Gasteiger charge is -2.33. The number of rotatable bonds is 3. The quantitative estimate of drug-likeness (QED) is 0.567. The molecule has 34 heavy (non-hydrogen) atoms. The molecule has 3 aromatic rings. The summed E-state index contributed by atoms with van der Waals surface area (Å²) >= 11 is 0. The molecule has 1 saturated heterocycles. The number of ether oxygens (including phenoxy) is 1. The fourth-order valence-corrected chi connectivity index (χ4v) is 4.45. The fourth-order valence-electron chi connectivity index (χ4n) is 4.45. The summed E-state index contributed by atoms with van der Waals surface area (Å²) in [5.74, 6) is -0.838. The third-order valence-corrected chi connectivity index (χ3v) is 6.55. The molecule has 3 aromatic heterocycles. The zero-order valence-corrected chi connectivity index (χ0v) is 19.3. The summed E-state index contributed by atoms with van der Waals surface area (Å²) in [6.07, 6.45) is 1.24. The summed E-state index contributed by atoms with van der Waals surface area (Å²) in [5.41, 5.74) is 4.79. The first kappa shape index (κ1) is 22.7. The molecule has 180 valence electrons. The van der Waals surface area contributed by atoms with Crippen molar-refractivity contribution in [3.05, 3.63) is 41.1 Å². The van der Waals surface area contributed by atoms with Gasteiger partial charge in [-0.2, -0.15) is 23.3 Å². The smallest absolute Gasteiger partial charge is 0.370 e. The van der Waals surface area contributed by atoms with Gasteiger partial charge in [0.2, 0.25) is 5.95 Å². The van der Waals surface area contributed by atoms with Crippen LogP contribution in [0.4, 0.5) is 19.1 Å². The highest BCUT2D eigenvalue weighted by atomic mass is 19.4. The standard InChI is InChI=1S/C23H26F3N7O/c1-13-14(2)29-21-20(28-13)19(15-4-6-17(7-5-15)23(24,25)26)30-22(31-21)33-8-9-34-18(12-33)16-10-27-32(3)11-16/h4,10-11,17-18H,5-9,12H2,1-3H3/t17-,18-/m1/s1. The molecule has 1 aliphatic heterocycles. The first-order valence-electron chi connectivity index (χ1n) is 11.3. The average molecular weight is 474 g/mol. The van der Waals surface area contributed by atoms with Gasteiger partial charge in [0.1, 0.15) is 11.6 Å². The van der Waals surface area contributed by atoms with Crippen molar-refractivity contribution in [1.29, 1.82) is 0 Å². The molecule has 0 unspecified atom stereocenters. The summed E-state index contributed by atoms with van der Waals surface area (Å²) < 4.78 is 47.3. The summed E-state index contributed by atoms with van der Waals surface area (Å²) in [5, 5.41) is 4.23. The minimum Gasteiger partial charge on any atom is -0.370 e. The Morgan fingerprint density at radius 1 is 1.09 bits per heavy atom. The minimum absolute atomic E-state index is 0.0368. The Balaban J connectivity index is 1.53. The molecule has 0 radical (unpaired) electrons. The number of aromatic nitrogens is 6. The maximum absolute atomic E-state index is 13.2. The average Bonchev–Trinajstić information content (AvgIpc) is 3.25. The number of hydrogen-bond donors (Lipinski definition) is 0. The first-order chi connectivity index (χ1) is 16.2. The van der Waals surface area contributed by atoms with Gasteiger partial charge in [0.15, 0.2) is 5.65 Å². The van der Waals surface area contributed by atoms with Crippen molar-refractivity contribution >= 4 is 22.7 Å². The van der Waals surface area contributed by atoms with Gasteiger partial charge in [0, 0.05) is 25.4 Å². The molecule has 0 saturated carbocycles. The largest absolute Gasteiger partial charge is 0.392 e. The molecule has 5 rings (SSSR count). The molecule has 2 atom stereocenters. The number of anilines is 1. The molecule has 1 aliphatic carbocycles. The van der Waals surface area contributed by atoms with Crippen LogP contribution >= 0.6 is 0 Å². The molecule has 0 bridgehead atoms. The molecular weight excluding hydrogens is 447 g/mol. The van der Waals surface area contributed by atoms with Crippen LogP contribution in [0.1, 0.15) is 48.0 Å². The van der Waals surface area contributed by atoms with Crippen LogP contribution in [-0.4, -0.2) is 55.6 Å². The van der Waals surface area contributed by atoms with Crippen LogP contribution in [-0.2, 0) is 11.8 Å². The summed E-state index contributed by atoms with van der Waals surface area (Å²) in [6.45, 7) is 5.34. The Hall–Kier alpha value is -3.08. The number of fused-ring (bicyclic) bond motifs is 1. The third kappa shape index (κ3) is 4.36. The van der Waals surface area contributed by atoms with E-state index < -0.39 is 12.1 Å². The van der Waals surface area contributed by atoms with E-state index in [9.17, 15) is 13.2 Å². The zero-order chi connectivity index (χ0) is 24.0. The number of allylic oxidation sites excluding steroid dienone is 2. The Labute approximate surface area is 194 Å². The topological polar surface area (TPSA) is 81.9 Å². The molecule has 2 aliphatic rings. The van der Waals surface area contributed by atoms with E-state index >= 15 is 0 Å². The Morgan fingerprint density at radius 2 is 1.88 bits per heavy atom. The maximum atomic E-state index is 13.2. The van der Waals surface area contributed by atoms with Crippen LogP contribution in [0, 0.1) is 19.8 Å². The lowest BCUT2D eigenvalue weighted by Crippen LogP contribution is -2.39. The highest BCUT2D eigenvalue weighted by molar-refractivity contribution is 5.86. The highest BCUT2D eigenvalue weighted by Gasteiger charge is 2.40. The van der Waals surface area contributed by atoms with Crippen molar-refractivity contribution in [1.82, 2.24) is 29.7 Å². The summed E-state index contributed by atoms with van der Waals surface area (Å²) in [4.78, 5) is 20.9. The SMILES string of the molecule is Cc1nc2nc(N3CCO[C@@H](c4cnn(C)c4)C3)nc(C3=CC[C@@H](C(F)(F)F)CC3)c2nc1C. The van der Waals surface area contributed by atoms with Gasteiger partial charge in [-0.15, -0.1) is 0 Å². The number of hydrogen-bond acceptors (Lipinski definition) is 7. The molecule has 1 fully saturated rings. The van der Waals surface area contributed by atoms with Gasteiger partial charge >= 0.3 is 6.18 Å². The predicted molar refractivity (Wildman–Crippen MR) is 120 cm³/mol. The normalized spacial score (nSPS) is 21.7. The van der Waals surface area contributed by atoms with E-state index in [0.717, 1.165) is 22.5 Å². The molecule has 8 nitrogen and oxygen atoms in total. The second-order valence-electron chi connectivity index (χ2n) is 8.93. The zero-order valence-electron chi connectivity index (χ0n) is 19.3. The van der Waals surface area contributed by atoms with Crippen molar-refractivity contribution < 1.29 is 17.9 Å². The van der Waals surface area contributed by atoms with Crippen molar-refractivity contribution in [3.8, 4) is 0 Å². The molecule has 4 heterocycles. The lowest BCUT2D eigenvalue weighted by molar-refractivity contribution is -0.175. The number of halogens is 3. The number of morpholine rings is 1. The van der Waals surface area contributed by atoms with E-state index in [1.165, 1.54) is 0 Å². The van der Waals surface area contributed by atoms with Crippen LogP contribution < -0.4 is 4.90 Å². The van der Waals surface area contributed by atoms with Crippen LogP contribution in [0.5, 0.6) is 0 Å². The van der Waals surface area contributed by atoms with Gasteiger partial charge in [0.05, 0.1) is 42.3 Å². The second kappa shape index (κ2) is 8.61. The van der Waals surface area contributed by atoms with Gasteiger partial charge in [0.25, 0.3) is 0 Å². The molecule has 11 heteroatoms. The summed E-state index contributed by atoms with van der Waals surface area (Å²) in [6, 6.07) is 0. The minimum atomic E-state index is -4.19. The lowest BCUT2D eigenvalue weighted by atomic mass is 9.87. The van der Waals surface area contributed by atoms with E-state index in [0.29, 0.717) is 42.5 Å². The molecule has 0 spiro atoms. The van der Waals surface area contributed by atoms with Crippen molar-refractivity contribution in [3.63, 3.8) is 0 Å². The van der Waals surface area contributed by atoms with Crippen molar-refractivity contribution in [2.75, 3.05) is 24.6 Å². The van der Waals surface area contributed by atoms with Crippen LogP contribution in [0.25, 0.3) is 16.7 Å². The van der Waals surface area contributed by atoms with E-state index in [-0.39, 0.29) is 25.4 Å². The number of alkyl halides is 3. The van der Waals surface area contributed by atoms with Gasteiger partial charge in [-0.3, -0.25) is 4.68 Å². The van der Waals surface area contributed by atoms with Crippen LogP contribution in [0.3, 0.4) is 0 Å².